The molecule has 3 rings (SSSR count). The van der Waals surface area contributed by atoms with Gasteiger partial charge in [-0.25, -0.2) is 4.98 Å². The van der Waals surface area contributed by atoms with Crippen LogP contribution < -0.4 is 5.32 Å². The quantitative estimate of drug-likeness (QED) is 0.779. The van der Waals surface area contributed by atoms with Gasteiger partial charge in [-0.2, -0.15) is 0 Å². The monoisotopic (exact) mass is 300 g/mol. The van der Waals surface area contributed by atoms with Crippen molar-refractivity contribution in [1.82, 2.24) is 4.98 Å². The molecule has 5 heteroatoms. The molecule has 1 heterocycles. The van der Waals surface area contributed by atoms with Crippen molar-refractivity contribution in [2.24, 2.45) is 0 Å². The van der Waals surface area contributed by atoms with E-state index in [9.17, 15) is 4.79 Å². The van der Waals surface area contributed by atoms with Gasteiger partial charge in [0.2, 0.25) is 5.91 Å². The number of carbonyl (C=O) groups is 1. The average Bonchev–Trinajstić information content (AvgIpc) is 2.82. The molecule has 1 N–H and O–H groups in total. The minimum Gasteiger partial charge on any atom is -0.326 e. The number of hydrogen-bond donors (Lipinski definition) is 1. The van der Waals surface area contributed by atoms with Crippen LogP contribution in [-0.4, -0.2) is 10.9 Å². The van der Waals surface area contributed by atoms with Crippen LogP contribution in [0.5, 0.6) is 0 Å². The van der Waals surface area contributed by atoms with Crippen molar-refractivity contribution in [3.63, 3.8) is 0 Å². The van der Waals surface area contributed by atoms with Crippen LogP contribution in [0.25, 0.3) is 10.2 Å². The van der Waals surface area contributed by atoms with Crippen LogP contribution in [0.3, 0.4) is 0 Å². The second-order valence-electron chi connectivity index (χ2n) is 4.26. The van der Waals surface area contributed by atoms with Gasteiger partial charge in [-0.05, 0) is 36.4 Å². The summed E-state index contributed by atoms with van der Waals surface area (Å²) in [5, 5.41) is 2.76. The summed E-state index contributed by atoms with van der Waals surface area (Å²) >= 11 is 3.32. The SMILES string of the molecule is CC(=O)Nc1ccc(Sc2nc3ccccc3s2)cc1. The van der Waals surface area contributed by atoms with Crippen LogP contribution >= 0.6 is 23.1 Å². The molecule has 20 heavy (non-hydrogen) atoms. The van der Waals surface area contributed by atoms with E-state index in [1.807, 2.05) is 42.5 Å². The Kier molecular flexibility index (Phi) is 3.71. The Labute approximate surface area is 125 Å². The van der Waals surface area contributed by atoms with Gasteiger partial charge in [-0.1, -0.05) is 23.9 Å². The number of anilines is 1. The van der Waals surface area contributed by atoms with Gasteiger partial charge in [0.1, 0.15) is 0 Å². The van der Waals surface area contributed by atoms with Crippen molar-refractivity contribution < 1.29 is 4.79 Å². The highest BCUT2D eigenvalue weighted by molar-refractivity contribution is 8.01. The number of amides is 1. The number of nitrogens with zero attached hydrogens (tertiary/aromatic N) is 1. The zero-order valence-electron chi connectivity index (χ0n) is 10.8. The summed E-state index contributed by atoms with van der Waals surface area (Å²) in [6.45, 7) is 1.50. The van der Waals surface area contributed by atoms with Crippen LogP contribution in [0.4, 0.5) is 5.69 Å². The van der Waals surface area contributed by atoms with Crippen LogP contribution in [0.2, 0.25) is 0 Å². The second kappa shape index (κ2) is 5.64. The highest BCUT2D eigenvalue weighted by Crippen LogP contribution is 2.34. The summed E-state index contributed by atoms with van der Waals surface area (Å²) in [7, 11) is 0. The third-order valence-corrected chi connectivity index (χ3v) is 4.76. The molecule has 0 aliphatic heterocycles. The molecule has 0 atom stereocenters. The summed E-state index contributed by atoms with van der Waals surface area (Å²) < 4.78 is 2.23. The predicted molar refractivity (Wildman–Crippen MR) is 84.5 cm³/mol. The Morgan fingerprint density at radius 3 is 2.60 bits per heavy atom. The zero-order valence-corrected chi connectivity index (χ0v) is 12.4. The van der Waals surface area contributed by atoms with E-state index in [-0.39, 0.29) is 5.91 Å². The van der Waals surface area contributed by atoms with Gasteiger partial charge in [0, 0.05) is 17.5 Å². The van der Waals surface area contributed by atoms with E-state index in [4.69, 9.17) is 0 Å². The number of benzene rings is 2. The summed E-state index contributed by atoms with van der Waals surface area (Å²) in [6.07, 6.45) is 0. The third-order valence-electron chi connectivity index (χ3n) is 2.65. The molecule has 0 saturated carbocycles. The van der Waals surface area contributed by atoms with Crippen molar-refractivity contribution in [3.05, 3.63) is 48.5 Å². The Morgan fingerprint density at radius 1 is 1.15 bits per heavy atom. The zero-order chi connectivity index (χ0) is 13.9. The van der Waals surface area contributed by atoms with Gasteiger partial charge in [0.25, 0.3) is 0 Å². The molecule has 1 aromatic heterocycles. The topological polar surface area (TPSA) is 42.0 Å². The van der Waals surface area contributed by atoms with Crippen molar-refractivity contribution in [2.45, 2.75) is 16.2 Å². The number of hydrogen-bond acceptors (Lipinski definition) is 4. The number of nitrogens with one attached hydrogen (secondary N) is 1. The molecular formula is C15H12N2OS2. The molecule has 100 valence electrons. The van der Waals surface area contributed by atoms with Crippen molar-refractivity contribution in [2.75, 3.05) is 5.32 Å². The number of aromatic nitrogens is 1. The molecule has 0 spiro atoms. The van der Waals surface area contributed by atoms with E-state index in [0.717, 1.165) is 20.4 Å². The van der Waals surface area contributed by atoms with E-state index in [1.165, 1.54) is 11.6 Å². The first-order valence-electron chi connectivity index (χ1n) is 6.12. The number of thiazole rings is 1. The lowest BCUT2D eigenvalue weighted by molar-refractivity contribution is -0.114. The maximum absolute atomic E-state index is 11.0. The van der Waals surface area contributed by atoms with Gasteiger partial charge in [-0.3, -0.25) is 4.79 Å². The van der Waals surface area contributed by atoms with Crippen LogP contribution in [0.15, 0.2) is 57.8 Å². The fourth-order valence-corrected chi connectivity index (χ4v) is 3.84. The summed E-state index contributed by atoms with van der Waals surface area (Å²) in [4.78, 5) is 16.7. The molecule has 1 amide bonds. The molecule has 0 aliphatic carbocycles. The lowest BCUT2D eigenvalue weighted by Crippen LogP contribution is -2.05. The number of para-hydroxylation sites is 1. The van der Waals surface area contributed by atoms with E-state index >= 15 is 0 Å². The van der Waals surface area contributed by atoms with Gasteiger partial charge in [0.05, 0.1) is 10.2 Å². The van der Waals surface area contributed by atoms with Crippen LogP contribution in [0.1, 0.15) is 6.92 Å². The number of carbonyl (C=O) groups excluding carboxylic acids is 1. The highest BCUT2D eigenvalue weighted by Gasteiger charge is 2.05. The molecule has 2 aromatic carbocycles. The summed E-state index contributed by atoms with van der Waals surface area (Å²) in [5.41, 5.74) is 1.85. The number of rotatable bonds is 3. The molecule has 3 aromatic rings. The lowest BCUT2D eigenvalue weighted by Gasteiger charge is -2.02. The Morgan fingerprint density at radius 2 is 1.90 bits per heavy atom. The normalized spacial score (nSPS) is 10.7. The average molecular weight is 300 g/mol. The molecular weight excluding hydrogens is 288 g/mol. The van der Waals surface area contributed by atoms with Gasteiger partial charge in [0.15, 0.2) is 4.34 Å². The third kappa shape index (κ3) is 3.00. The molecule has 0 saturated heterocycles. The van der Waals surface area contributed by atoms with E-state index in [1.54, 1.807) is 23.1 Å². The van der Waals surface area contributed by atoms with Gasteiger partial charge < -0.3 is 5.32 Å². The fourth-order valence-electron chi connectivity index (χ4n) is 1.81. The fraction of sp³-hybridized carbons (Fsp3) is 0.0667. The number of fused-ring (bicyclic) bond motifs is 1. The Hall–Kier alpha value is -1.85. The van der Waals surface area contributed by atoms with E-state index < -0.39 is 0 Å². The minimum atomic E-state index is -0.0587. The summed E-state index contributed by atoms with van der Waals surface area (Å²) in [5.74, 6) is -0.0587. The first-order valence-corrected chi connectivity index (χ1v) is 7.75. The largest absolute Gasteiger partial charge is 0.326 e. The molecule has 3 nitrogen and oxygen atoms in total. The molecule has 0 aliphatic rings. The maximum Gasteiger partial charge on any atom is 0.221 e. The first-order chi connectivity index (χ1) is 9.70. The predicted octanol–water partition coefficient (Wildman–Crippen LogP) is 4.41. The molecule has 0 fully saturated rings. The van der Waals surface area contributed by atoms with Gasteiger partial charge in [-0.15, -0.1) is 11.3 Å². The second-order valence-corrected chi connectivity index (χ2v) is 6.61. The Balaban J connectivity index is 1.78. The van der Waals surface area contributed by atoms with Gasteiger partial charge >= 0.3 is 0 Å². The molecule has 0 unspecified atom stereocenters. The lowest BCUT2D eigenvalue weighted by atomic mass is 10.3. The van der Waals surface area contributed by atoms with Crippen molar-refractivity contribution in [3.8, 4) is 0 Å². The first kappa shape index (κ1) is 13.1. The standard InChI is InChI=1S/C15H12N2OS2/c1-10(18)16-11-6-8-12(9-7-11)19-15-17-13-4-2-3-5-14(13)20-15/h2-9H,1H3,(H,16,18). The van der Waals surface area contributed by atoms with E-state index in [2.05, 4.69) is 16.4 Å². The molecule has 0 bridgehead atoms. The minimum absolute atomic E-state index is 0.0587. The summed E-state index contributed by atoms with van der Waals surface area (Å²) in [6, 6.07) is 15.9. The van der Waals surface area contributed by atoms with Crippen LogP contribution in [-0.2, 0) is 4.79 Å². The highest BCUT2D eigenvalue weighted by atomic mass is 32.2. The van der Waals surface area contributed by atoms with Crippen LogP contribution in [0, 0.1) is 0 Å². The smallest absolute Gasteiger partial charge is 0.221 e. The molecule has 0 radical (unpaired) electrons. The van der Waals surface area contributed by atoms with E-state index in [0.29, 0.717) is 0 Å². The van der Waals surface area contributed by atoms with Crippen molar-refractivity contribution >= 4 is 44.9 Å². The Bertz CT molecular complexity index is 717. The maximum atomic E-state index is 11.0. The van der Waals surface area contributed by atoms with Crippen molar-refractivity contribution in [1.29, 1.82) is 0 Å².